The van der Waals surface area contributed by atoms with E-state index >= 15 is 0 Å². The fourth-order valence-electron chi connectivity index (χ4n) is 3.22. The summed E-state index contributed by atoms with van der Waals surface area (Å²) in [6, 6.07) is 8.53. The first-order chi connectivity index (χ1) is 13.3. The summed E-state index contributed by atoms with van der Waals surface area (Å²) in [4.78, 5) is 26.3. The lowest BCUT2D eigenvalue weighted by atomic mass is 9.85. The zero-order valence-electron chi connectivity index (χ0n) is 16.2. The molecular formula is C21H25FN2O4. The van der Waals surface area contributed by atoms with Crippen LogP contribution in [0.2, 0.25) is 0 Å². The largest absolute Gasteiger partial charge is 0.456 e. The monoisotopic (exact) mass is 388 g/mol. The molecule has 28 heavy (non-hydrogen) atoms. The number of halogens is 1. The Kier molecular flexibility index (Phi) is 5.84. The molecule has 0 spiro atoms. The number of benzene rings is 1. The van der Waals surface area contributed by atoms with Crippen LogP contribution in [0.15, 0.2) is 40.8 Å². The number of aliphatic hydroxyl groups excluding tert-OH is 1. The first-order valence-corrected chi connectivity index (χ1v) is 9.37. The Labute approximate surface area is 163 Å². The Morgan fingerprint density at radius 1 is 1.18 bits per heavy atom. The molecule has 2 N–H and O–H groups in total. The third-order valence-electron chi connectivity index (χ3n) is 5.17. The molecule has 1 aromatic heterocycles. The molecule has 1 atom stereocenters. The highest BCUT2D eigenvalue weighted by molar-refractivity contribution is 5.91. The standard InChI is InChI=1S/C21H25FN2O4/c1-12(2)17-8-9-18(28-17)21(27)24(3)16-10-15(11-16)23-20(26)19(25)13-4-6-14(22)7-5-13/h4-9,12,15-16,19,25H,10-11H2,1-3H3,(H,23,26). The minimum absolute atomic E-state index is 0.00614. The predicted octanol–water partition coefficient (Wildman–Crippen LogP) is 2.99. The van der Waals surface area contributed by atoms with Crippen molar-refractivity contribution < 1.29 is 23.5 Å². The van der Waals surface area contributed by atoms with Gasteiger partial charge in [0.05, 0.1) is 0 Å². The molecule has 3 rings (SSSR count). The van der Waals surface area contributed by atoms with Crippen LogP contribution in [-0.2, 0) is 4.79 Å². The number of amides is 2. The Balaban J connectivity index is 1.49. The van der Waals surface area contributed by atoms with E-state index in [1.54, 1.807) is 18.0 Å². The fraction of sp³-hybridized carbons (Fsp3) is 0.429. The molecule has 150 valence electrons. The zero-order chi connectivity index (χ0) is 20.4. The Morgan fingerprint density at radius 3 is 2.39 bits per heavy atom. The van der Waals surface area contributed by atoms with E-state index in [0.717, 1.165) is 5.76 Å². The molecular weight excluding hydrogens is 363 g/mol. The summed E-state index contributed by atoms with van der Waals surface area (Å²) in [7, 11) is 1.72. The van der Waals surface area contributed by atoms with Gasteiger partial charge >= 0.3 is 0 Å². The quantitative estimate of drug-likeness (QED) is 0.797. The van der Waals surface area contributed by atoms with Crippen LogP contribution in [-0.4, -0.2) is 41.0 Å². The number of carbonyl (C=O) groups excluding carboxylic acids is 2. The van der Waals surface area contributed by atoms with Gasteiger partial charge in [-0.2, -0.15) is 0 Å². The van der Waals surface area contributed by atoms with Crippen LogP contribution in [0.4, 0.5) is 4.39 Å². The summed E-state index contributed by atoms with van der Waals surface area (Å²) in [5.74, 6) is 0.144. The van der Waals surface area contributed by atoms with Crippen molar-refractivity contribution in [1.82, 2.24) is 10.2 Å². The summed E-state index contributed by atoms with van der Waals surface area (Å²) in [6.07, 6.45) is -0.152. The normalized spacial score (nSPS) is 19.8. The number of rotatable bonds is 6. The summed E-state index contributed by atoms with van der Waals surface area (Å²) in [5, 5.41) is 12.9. The van der Waals surface area contributed by atoms with Crippen LogP contribution in [0.1, 0.15) is 60.6 Å². The van der Waals surface area contributed by atoms with Crippen molar-refractivity contribution in [2.24, 2.45) is 0 Å². The van der Waals surface area contributed by atoms with Gasteiger partial charge in [0.2, 0.25) is 0 Å². The fourth-order valence-corrected chi connectivity index (χ4v) is 3.22. The maximum atomic E-state index is 13.0. The number of hydrogen-bond donors (Lipinski definition) is 2. The Hall–Kier alpha value is -2.67. The van der Waals surface area contributed by atoms with E-state index in [0.29, 0.717) is 24.2 Å². The van der Waals surface area contributed by atoms with E-state index in [-0.39, 0.29) is 23.9 Å². The van der Waals surface area contributed by atoms with Crippen LogP contribution in [0.5, 0.6) is 0 Å². The van der Waals surface area contributed by atoms with Gasteiger partial charge < -0.3 is 19.7 Å². The summed E-state index contributed by atoms with van der Waals surface area (Å²) in [6.45, 7) is 3.99. The second kappa shape index (κ2) is 8.14. The van der Waals surface area contributed by atoms with Gasteiger partial charge in [-0.3, -0.25) is 9.59 Å². The highest BCUT2D eigenvalue weighted by Crippen LogP contribution is 2.28. The molecule has 0 bridgehead atoms. The summed E-state index contributed by atoms with van der Waals surface area (Å²) >= 11 is 0. The van der Waals surface area contributed by atoms with Gasteiger partial charge in [0.1, 0.15) is 11.6 Å². The van der Waals surface area contributed by atoms with Crippen molar-refractivity contribution in [2.75, 3.05) is 7.05 Å². The van der Waals surface area contributed by atoms with Gasteiger partial charge in [0.25, 0.3) is 11.8 Å². The minimum Gasteiger partial charge on any atom is -0.456 e. The van der Waals surface area contributed by atoms with Crippen LogP contribution < -0.4 is 5.32 Å². The molecule has 1 fully saturated rings. The second-order valence-corrected chi connectivity index (χ2v) is 7.56. The van der Waals surface area contributed by atoms with Crippen LogP contribution in [0.3, 0.4) is 0 Å². The van der Waals surface area contributed by atoms with E-state index in [1.807, 2.05) is 19.9 Å². The maximum absolute atomic E-state index is 13.0. The number of hydrogen-bond acceptors (Lipinski definition) is 4. The molecule has 6 nitrogen and oxygen atoms in total. The topological polar surface area (TPSA) is 82.8 Å². The molecule has 1 aromatic carbocycles. The number of nitrogens with one attached hydrogen (secondary N) is 1. The lowest BCUT2D eigenvalue weighted by Gasteiger charge is -2.41. The average molecular weight is 388 g/mol. The van der Waals surface area contributed by atoms with Crippen LogP contribution in [0, 0.1) is 5.82 Å². The molecule has 1 saturated carbocycles. The van der Waals surface area contributed by atoms with Crippen LogP contribution in [0.25, 0.3) is 0 Å². The minimum atomic E-state index is -1.35. The molecule has 1 aliphatic rings. The smallest absolute Gasteiger partial charge is 0.289 e. The summed E-state index contributed by atoms with van der Waals surface area (Å²) < 4.78 is 18.6. The van der Waals surface area contributed by atoms with Crippen molar-refractivity contribution in [3.05, 3.63) is 59.3 Å². The Morgan fingerprint density at radius 2 is 1.82 bits per heavy atom. The average Bonchev–Trinajstić information content (AvgIpc) is 3.13. The highest BCUT2D eigenvalue weighted by Gasteiger charge is 2.37. The van der Waals surface area contributed by atoms with Gasteiger partial charge in [0, 0.05) is 25.0 Å². The van der Waals surface area contributed by atoms with Gasteiger partial charge in [0.15, 0.2) is 11.9 Å². The lowest BCUT2D eigenvalue weighted by molar-refractivity contribution is -0.131. The molecule has 0 aliphatic heterocycles. The first kappa shape index (κ1) is 20.1. The Bertz CT molecular complexity index is 840. The zero-order valence-corrected chi connectivity index (χ0v) is 16.2. The molecule has 2 amide bonds. The van der Waals surface area contributed by atoms with Crippen molar-refractivity contribution >= 4 is 11.8 Å². The van der Waals surface area contributed by atoms with Crippen molar-refractivity contribution in [2.45, 2.75) is 50.8 Å². The molecule has 1 unspecified atom stereocenters. The summed E-state index contributed by atoms with van der Waals surface area (Å²) in [5.41, 5.74) is 0.334. The van der Waals surface area contributed by atoms with E-state index in [2.05, 4.69) is 5.32 Å². The first-order valence-electron chi connectivity index (χ1n) is 9.37. The SMILES string of the molecule is CC(C)c1ccc(C(=O)N(C)C2CC(NC(=O)C(O)c3ccc(F)cc3)C2)o1. The maximum Gasteiger partial charge on any atom is 0.289 e. The third-order valence-corrected chi connectivity index (χ3v) is 5.17. The highest BCUT2D eigenvalue weighted by atomic mass is 19.1. The number of furan rings is 1. The molecule has 0 saturated heterocycles. The molecule has 7 heteroatoms. The number of aliphatic hydroxyl groups is 1. The van der Waals surface area contributed by atoms with Gasteiger partial charge in [-0.15, -0.1) is 0 Å². The van der Waals surface area contributed by atoms with E-state index in [4.69, 9.17) is 4.42 Å². The van der Waals surface area contributed by atoms with E-state index in [9.17, 15) is 19.1 Å². The molecule has 0 radical (unpaired) electrons. The third kappa shape index (κ3) is 4.25. The molecule has 1 aliphatic carbocycles. The van der Waals surface area contributed by atoms with Crippen molar-refractivity contribution in [1.29, 1.82) is 0 Å². The van der Waals surface area contributed by atoms with Gasteiger partial charge in [-0.1, -0.05) is 26.0 Å². The van der Waals surface area contributed by atoms with Gasteiger partial charge in [-0.25, -0.2) is 4.39 Å². The molecule has 1 heterocycles. The van der Waals surface area contributed by atoms with Crippen LogP contribution >= 0.6 is 0 Å². The number of carbonyl (C=O) groups is 2. The van der Waals surface area contributed by atoms with E-state index < -0.39 is 17.8 Å². The molecule has 2 aromatic rings. The second-order valence-electron chi connectivity index (χ2n) is 7.56. The predicted molar refractivity (Wildman–Crippen MR) is 101 cm³/mol. The number of nitrogens with zero attached hydrogens (tertiary/aromatic N) is 1. The van der Waals surface area contributed by atoms with Crippen molar-refractivity contribution in [3.63, 3.8) is 0 Å². The van der Waals surface area contributed by atoms with Crippen molar-refractivity contribution in [3.8, 4) is 0 Å². The van der Waals surface area contributed by atoms with Gasteiger partial charge in [-0.05, 0) is 42.7 Å². The van der Waals surface area contributed by atoms with E-state index in [1.165, 1.54) is 24.3 Å². The lowest BCUT2D eigenvalue weighted by Crippen LogP contribution is -2.54.